The van der Waals surface area contributed by atoms with Crippen molar-refractivity contribution >= 4 is 17.0 Å². The van der Waals surface area contributed by atoms with Gasteiger partial charge in [-0.1, -0.05) is 0 Å². The van der Waals surface area contributed by atoms with Gasteiger partial charge in [0.05, 0.1) is 24.2 Å². The molecule has 0 saturated heterocycles. The van der Waals surface area contributed by atoms with Gasteiger partial charge in [0, 0.05) is 37.0 Å². The fraction of sp³-hybridized carbons (Fsp3) is 0.524. The number of nitrogens with zero attached hydrogens (tertiary/aromatic N) is 5. The van der Waals surface area contributed by atoms with Gasteiger partial charge >= 0.3 is 0 Å². The number of nitrogen functional groups attached to an aromatic ring is 1. The van der Waals surface area contributed by atoms with E-state index < -0.39 is 0 Å². The molecule has 0 spiro atoms. The van der Waals surface area contributed by atoms with Crippen LogP contribution in [0.1, 0.15) is 17.8 Å². The smallest absolute Gasteiger partial charge is 0.201 e. The van der Waals surface area contributed by atoms with E-state index in [1.54, 1.807) is 6.20 Å². The summed E-state index contributed by atoms with van der Waals surface area (Å²) in [6.07, 6.45) is 5.65. The molecule has 29 heavy (non-hydrogen) atoms. The number of aromatic amines is 1. The van der Waals surface area contributed by atoms with Crippen molar-refractivity contribution in [1.82, 2.24) is 29.3 Å². The van der Waals surface area contributed by atoms with Gasteiger partial charge in [-0.2, -0.15) is 0 Å². The van der Waals surface area contributed by atoms with Crippen molar-refractivity contribution in [1.29, 1.82) is 0 Å². The fourth-order valence-electron chi connectivity index (χ4n) is 4.22. The van der Waals surface area contributed by atoms with Crippen molar-refractivity contribution in [2.75, 3.05) is 46.6 Å². The highest BCUT2D eigenvalue weighted by molar-refractivity contribution is 5.84. The first kappa shape index (κ1) is 19.7. The van der Waals surface area contributed by atoms with Crippen molar-refractivity contribution in [2.45, 2.75) is 25.9 Å². The topological polar surface area (TPSA) is 88.2 Å². The third-order valence-corrected chi connectivity index (χ3v) is 5.50. The van der Waals surface area contributed by atoms with E-state index in [-0.39, 0.29) is 0 Å². The molecule has 1 aromatic carbocycles. The summed E-state index contributed by atoms with van der Waals surface area (Å²) in [5, 5.41) is 0. The van der Waals surface area contributed by atoms with Gasteiger partial charge in [-0.15, -0.1) is 0 Å². The lowest BCUT2D eigenvalue weighted by atomic mass is 9.95. The number of hydrogen-bond donors (Lipinski definition) is 2. The molecule has 0 amide bonds. The number of fused-ring (bicyclic) bond motifs is 3. The summed E-state index contributed by atoms with van der Waals surface area (Å²) in [6, 6.07) is 4.06. The van der Waals surface area contributed by atoms with Gasteiger partial charge in [0.25, 0.3) is 0 Å². The molecule has 0 aliphatic carbocycles. The number of aryl methyl sites for hydroxylation is 1. The van der Waals surface area contributed by atoms with Crippen molar-refractivity contribution in [2.24, 2.45) is 5.92 Å². The molecule has 0 radical (unpaired) electrons. The number of rotatable bonds is 8. The van der Waals surface area contributed by atoms with Crippen LogP contribution in [-0.4, -0.2) is 70.2 Å². The zero-order valence-electron chi connectivity index (χ0n) is 17.6. The Morgan fingerprint density at radius 3 is 2.93 bits per heavy atom. The molecular weight excluding hydrogens is 366 g/mol. The van der Waals surface area contributed by atoms with Crippen LogP contribution in [0.5, 0.6) is 5.75 Å². The van der Waals surface area contributed by atoms with Crippen LogP contribution in [0.3, 0.4) is 0 Å². The number of benzene rings is 1. The first-order valence-corrected chi connectivity index (χ1v) is 10.2. The van der Waals surface area contributed by atoms with Crippen LogP contribution >= 0.6 is 0 Å². The maximum absolute atomic E-state index is 6.27. The van der Waals surface area contributed by atoms with Gasteiger partial charge in [0.1, 0.15) is 11.6 Å². The minimum absolute atomic E-state index is 0.416. The van der Waals surface area contributed by atoms with E-state index in [9.17, 15) is 0 Å². The maximum atomic E-state index is 6.27. The molecule has 0 bridgehead atoms. The molecule has 156 valence electrons. The van der Waals surface area contributed by atoms with Crippen LogP contribution in [0.25, 0.3) is 11.0 Å². The maximum Gasteiger partial charge on any atom is 0.201 e. The second-order valence-corrected chi connectivity index (χ2v) is 8.30. The number of anilines is 1. The quantitative estimate of drug-likeness (QED) is 0.604. The number of nitrogens with two attached hydrogens (primary N) is 1. The summed E-state index contributed by atoms with van der Waals surface area (Å²) in [5.41, 5.74) is 9.60. The summed E-state index contributed by atoms with van der Waals surface area (Å²) in [5.74, 6) is 2.96. The van der Waals surface area contributed by atoms with Crippen LogP contribution in [-0.2, 0) is 19.5 Å². The van der Waals surface area contributed by atoms with E-state index in [1.165, 1.54) is 5.56 Å². The Morgan fingerprint density at radius 2 is 2.17 bits per heavy atom. The molecule has 3 N–H and O–H groups in total. The summed E-state index contributed by atoms with van der Waals surface area (Å²) >= 11 is 0. The van der Waals surface area contributed by atoms with Crippen molar-refractivity contribution in [3.8, 4) is 5.75 Å². The molecule has 1 aliphatic rings. The van der Waals surface area contributed by atoms with E-state index >= 15 is 0 Å². The molecule has 1 atom stereocenters. The molecule has 8 heteroatoms. The van der Waals surface area contributed by atoms with E-state index in [0.717, 1.165) is 68.2 Å². The average Bonchev–Trinajstić information content (AvgIpc) is 3.29. The Balaban J connectivity index is 1.53. The first-order chi connectivity index (χ1) is 14.0. The Bertz CT molecular complexity index is 948. The van der Waals surface area contributed by atoms with E-state index in [1.807, 2.05) is 18.3 Å². The SMILES string of the molecule is CN(C)CCCn1c(N)nc2ccc3c(c21)CC(CN(C)Cc1ncc[nH]1)CO3. The summed E-state index contributed by atoms with van der Waals surface area (Å²) in [4.78, 5) is 16.6. The molecule has 3 heterocycles. The Hall–Kier alpha value is -2.58. The van der Waals surface area contributed by atoms with Gasteiger partial charge in [-0.3, -0.25) is 4.90 Å². The number of hydrogen-bond acceptors (Lipinski definition) is 6. The Labute approximate surface area is 171 Å². The third-order valence-electron chi connectivity index (χ3n) is 5.50. The number of nitrogens with one attached hydrogen (secondary N) is 1. The standard InChI is InChI=1S/C21H31N7O/c1-26(2)9-4-10-28-20-16-11-15(12-27(3)13-19-23-7-8-24-19)14-29-18(16)6-5-17(20)25-21(28)22/h5-8,15H,4,9-14H2,1-3H3,(H2,22,25)(H,23,24). The van der Waals surface area contributed by atoms with E-state index in [2.05, 4.69) is 50.5 Å². The molecule has 1 aliphatic heterocycles. The van der Waals surface area contributed by atoms with E-state index in [0.29, 0.717) is 11.9 Å². The molecule has 2 aromatic heterocycles. The number of aromatic nitrogens is 4. The molecule has 1 unspecified atom stereocenters. The highest BCUT2D eigenvalue weighted by Crippen LogP contribution is 2.35. The minimum Gasteiger partial charge on any atom is -0.493 e. The van der Waals surface area contributed by atoms with Gasteiger partial charge in [-0.25, -0.2) is 9.97 Å². The summed E-state index contributed by atoms with van der Waals surface area (Å²) in [6.45, 7) is 4.35. The van der Waals surface area contributed by atoms with Crippen molar-refractivity contribution in [3.05, 3.63) is 35.9 Å². The van der Waals surface area contributed by atoms with Gasteiger partial charge in [0.15, 0.2) is 0 Å². The summed E-state index contributed by atoms with van der Waals surface area (Å²) in [7, 11) is 6.31. The lowest BCUT2D eigenvalue weighted by Crippen LogP contribution is -2.33. The average molecular weight is 398 g/mol. The fourth-order valence-corrected chi connectivity index (χ4v) is 4.22. The zero-order chi connectivity index (χ0) is 20.4. The zero-order valence-corrected chi connectivity index (χ0v) is 17.6. The lowest BCUT2D eigenvalue weighted by Gasteiger charge is -2.29. The minimum atomic E-state index is 0.416. The van der Waals surface area contributed by atoms with Crippen molar-refractivity contribution < 1.29 is 4.74 Å². The first-order valence-electron chi connectivity index (χ1n) is 10.2. The van der Waals surface area contributed by atoms with Crippen molar-refractivity contribution in [3.63, 3.8) is 0 Å². The molecule has 8 nitrogen and oxygen atoms in total. The second-order valence-electron chi connectivity index (χ2n) is 8.30. The van der Waals surface area contributed by atoms with Crippen LogP contribution in [0.2, 0.25) is 0 Å². The van der Waals surface area contributed by atoms with Crippen LogP contribution in [0.15, 0.2) is 24.5 Å². The summed E-state index contributed by atoms with van der Waals surface area (Å²) < 4.78 is 8.31. The van der Waals surface area contributed by atoms with Crippen LogP contribution in [0.4, 0.5) is 5.95 Å². The molecule has 4 rings (SSSR count). The van der Waals surface area contributed by atoms with Gasteiger partial charge in [-0.05, 0) is 52.7 Å². The third kappa shape index (κ3) is 4.38. The highest BCUT2D eigenvalue weighted by atomic mass is 16.5. The number of imidazole rings is 2. The van der Waals surface area contributed by atoms with E-state index in [4.69, 9.17) is 10.5 Å². The largest absolute Gasteiger partial charge is 0.493 e. The Kier molecular flexibility index (Phi) is 5.73. The molecule has 0 fully saturated rings. The monoisotopic (exact) mass is 397 g/mol. The predicted octanol–water partition coefficient (Wildman–Crippen LogP) is 1.98. The predicted molar refractivity (Wildman–Crippen MR) is 115 cm³/mol. The lowest BCUT2D eigenvalue weighted by molar-refractivity contribution is 0.172. The Morgan fingerprint density at radius 1 is 1.31 bits per heavy atom. The molecule has 0 saturated carbocycles. The number of ether oxygens (including phenoxy) is 1. The second kappa shape index (κ2) is 8.42. The van der Waals surface area contributed by atoms with Crippen LogP contribution < -0.4 is 10.5 Å². The molecule has 3 aromatic rings. The normalized spacial score (nSPS) is 16.5. The van der Waals surface area contributed by atoms with Crippen LogP contribution in [0, 0.1) is 5.92 Å². The molecular formula is C21H31N7O. The highest BCUT2D eigenvalue weighted by Gasteiger charge is 2.26. The number of H-pyrrole nitrogens is 1. The van der Waals surface area contributed by atoms with Gasteiger partial charge in [0.2, 0.25) is 5.95 Å². The van der Waals surface area contributed by atoms with Gasteiger partial charge < -0.3 is 24.9 Å².